The lowest BCUT2D eigenvalue weighted by Gasteiger charge is -1.99. The highest BCUT2D eigenvalue weighted by molar-refractivity contribution is 5.58. The molecule has 6 nitrogen and oxygen atoms in total. The molecule has 0 aromatic heterocycles. The number of nitrogens with zero attached hydrogens (tertiary/aromatic N) is 4. The number of azide groups is 1. The molecule has 1 aromatic rings. The molecule has 1 rings (SSSR count). The quantitative estimate of drug-likeness (QED) is 0.239. The summed E-state index contributed by atoms with van der Waals surface area (Å²) >= 11 is 0. The van der Waals surface area contributed by atoms with Gasteiger partial charge in [0.2, 0.25) is 0 Å². The van der Waals surface area contributed by atoms with Crippen LogP contribution in [-0.4, -0.2) is 4.92 Å². The molecule has 0 aliphatic heterocycles. The monoisotopic (exact) mass is 196 g/mol. The number of nitro groups is 1. The zero-order chi connectivity index (χ0) is 10.7. The zero-order valence-electron chi connectivity index (χ0n) is 7.14. The van der Waals surface area contributed by atoms with Gasteiger partial charge >= 0.3 is 0 Å². The highest BCUT2D eigenvalue weighted by atomic mass is 19.1. The lowest BCUT2D eigenvalue weighted by Crippen LogP contribution is -1.91. The number of benzene rings is 1. The minimum absolute atomic E-state index is 0.184. The van der Waals surface area contributed by atoms with Gasteiger partial charge in [0.1, 0.15) is 11.5 Å². The topological polar surface area (TPSA) is 91.9 Å². The largest absolute Gasteiger partial charge is 0.281 e. The molecule has 0 radical (unpaired) electrons. The fraction of sp³-hybridized carbons (Fsp3) is 0.143. The number of aryl methyl sites for hydroxylation is 1. The van der Waals surface area contributed by atoms with E-state index in [1.807, 2.05) is 0 Å². The van der Waals surface area contributed by atoms with Crippen molar-refractivity contribution in [1.29, 1.82) is 0 Å². The Morgan fingerprint density at radius 3 is 2.79 bits per heavy atom. The third kappa shape index (κ3) is 1.78. The molecule has 0 fully saturated rings. The summed E-state index contributed by atoms with van der Waals surface area (Å²) in [4.78, 5) is 12.0. The van der Waals surface area contributed by atoms with Gasteiger partial charge in [0.05, 0.1) is 11.0 Å². The second-order valence-corrected chi connectivity index (χ2v) is 2.54. The molecule has 0 amide bonds. The first kappa shape index (κ1) is 9.94. The van der Waals surface area contributed by atoms with E-state index in [0.29, 0.717) is 0 Å². The summed E-state index contributed by atoms with van der Waals surface area (Å²) in [6.07, 6.45) is 0. The third-order valence-corrected chi connectivity index (χ3v) is 1.60. The van der Waals surface area contributed by atoms with Gasteiger partial charge in [-0.15, -0.1) is 0 Å². The number of nitro benzene ring substituents is 1. The van der Waals surface area contributed by atoms with E-state index in [0.717, 1.165) is 12.1 Å². The molecular formula is C7H5FN4O2. The van der Waals surface area contributed by atoms with Crippen molar-refractivity contribution in [3.8, 4) is 0 Å². The van der Waals surface area contributed by atoms with Crippen molar-refractivity contribution in [3.05, 3.63) is 44.1 Å². The van der Waals surface area contributed by atoms with Crippen molar-refractivity contribution in [1.82, 2.24) is 0 Å². The second kappa shape index (κ2) is 3.71. The first-order valence-electron chi connectivity index (χ1n) is 3.56. The third-order valence-electron chi connectivity index (χ3n) is 1.60. The van der Waals surface area contributed by atoms with Crippen LogP contribution in [0.5, 0.6) is 0 Å². The number of rotatable bonds is 2. The molecule has 7 heteroatoms. The lowest BCUT2D eigenvalue weighted by atomic mass is 10.2. The molecule has 0 spiro atoms. The van der Waals surface area contributed by atoms with Crippen molar-refractivity contribution in [3.63, 3.8) is 0 Å². The van der Waals surface area contributed by atoms with Crippen molar-refractivity contribution in [2.75, 3.05) is 0 Å². The van der Waals surface area contributed by atoms with Gasteiger partial charge in [0.25, 0.3) is 5.69 Å². The maximum absolute atomic E-state index is 12.9. The maximum Gasteiger partial charge on any atom is 0.281 e. The summed E-state index contributed by atoms with van der Waals surface area (Å²) in [5.41, 5.74) is 7.60. The molecule has 0 bridgehead atoms. The van der Waals surface area contributed by atoms with E-state index in [-0.39, 0.29) is 11.3 Å². The minimum Gasteiger partial charge on any atom is -0.258 e. The zero-order valence-corrected chi connectivity index (χ0v) is 7.14. The number of hydrogen-bond donors (Lipinski definition) is 0. The van der Waals surface area contributed by atoms with Crippen LogP contribution in [0.3, 0.4) is 0 Å². The van der Waals surface area contributed by atoms with E-state index >= 15 is 0 Å². The van der Waals surface area contributed by atoms with Gasteiger partial charge in [-0.2, -0.15) is 0 Å². The Kier molecular flexibility index (Phi) is 2.64. The number of halogens is 1. The Labute approximate surface area is 77.7 Å². The first-order valence-corrected chi connectivity index (χ1v) is 3.56. The summed E-state index contributed by atoms with van der Waals surface area (Å²) in [6, 6.07) is 1.87. The molecule has 14 heavy (non-hydrogen) atoms. The molecule has 0 heterocycles. The smallest absolute Gasteiger partial charge is 0.258 e. The van der Waals surface area contributed by atoms with Crippen LogP contribution >= 0.6 is 0 Å². The maximum atomic E-state index is 12.9. The summed E-state index contributed by atoms with van der Waals surface area (Å²) in [5, 5.41) is 13.5. The average Bonchev–Trinajstić information content (AvgIpc) is 2.11. The molecule has 0 unspecified atom stereocenters. The molecule has 0 N–H and O–H groups in total. The summed E-state index contributed by atoms with van der Waals surface area (Å²) in [5.74, 6) is -0.700. The Hall–Kier alpha value is -2.14. The van der Waals surface area contributed by atoms with Crippen molar-refractivity contribution >= 4 is 11.4 Å². The van der Waals surface area contributed by atoms with Gasteiger partial charge in [-0.05, 0) is 24.1 Å². The van der Waals surface area contributed by atoms with Gasteiger partial charge in [0.15, 0.2) is 0 Å². The van der Waals surface area contributed by atoms with Crippen molar-refractivity contribution in [2.24, 2.45) is 5.11 Å². The van der Waals surface area contributed by atoms with Gasteiger partial charge in [-0.3, -0.25) is 10.1 Å². The van der Waals surface area contributed by atoms with Crippen LogP contribution in [0.15, 0.2) is 17.2 Å². The van der Waals surface area contributed by atoms with Crippen LogP contribution in [0.25, 0.3) is 10.4 Å². The Balaban J connectivity index is 3.45. The van der Waals surface area contributed by atoms with E-state index in [1.54, 1.807) is 0 Å². The van der Waals surface area contributed by atoms with Gasteiger partial charge in [-0.1, -0.05) is 5.11 Å². The molecule has 72 valence electrons. The van der Waals surface area contributed by atoms with Crippen LogP contribution in [0.2, 0.25) is 0 Å². The van der Waals surface area contributed by atoms with Crippen LogP contribution in [-0.2, 0) is 0 Å². The van der Waals surface area contributed by atoms with Crippen LogP contribution in [0, 0.1) is 22.9 Å². The van der Waals surface area contributed by atoms with Gasteiger partial charge in [0, 0.05) is 4.91 Å². The first-order chi connectivity index (χ1) is 6.56. The highest BCUT2D eigenvalue weighted by Crippen LogP contribution is 2.29. The van der Waals surface area contributed by atoms with Gasteiger partial charge in [-0.25, -0.2) is 4.39 Å². The number of hydrogen-bond acceptors (Lipinski definition) is 3. The average molecular weight is 196 g/mol. The summed E-state index contributed by atoms with van der Waals surface area (Å²) in [7, 11) is 0. The fourth-order valence-electron chi connectivity index (χ4n) is 0.930. The van der Waals surface area contributed by atoms with Crippen LogP contribution < -0.4 is 0 Å². The van der Waals surface area contributed by atoms with Crippen LogP contribution in [0.4, 0.5) is 15.8 Å². The summed E-state index contributed by atoms with van der Waals surface area (Å²) in [6.45, 7) is 1.43. The second-order valence-electron chi connectivity index (χ2n) is 2.54. The van der Waals surface area contributed by atoms with E-state index in [9.17, 15) is 14.5 Å². The Morgan fingerprint density at radius 2 is 2.29 bits per heavy atom. The van der Waals surface area contributed by atoms with E-state index in [2.05, 4.69) is 10.0 Å². The summed E-state index contributed by atoms with van der Waals surface area (Å²) < 4.78 is 12.9. The molecule has 1 aromatic carbocycles. The van der Waals surface area contributed by atoms with E-state index in [1.165, 1.54) is 6.92 Å². The fourth-order valence-corrected chi connectivity index (χ4v) is 0.930. The molecule has 0 aliphatic carbocycles. The standard InChI is InChI=1S/C7H5FN4O2/c1-4-2-6(10-11-9)7(12(13)14)3-5(4)8/h2-3H,1H3. The minimum atomic E-state index is -0.799. The normalized spacial score (nSPS) is 9.29. The van der Waals surface area contributed by atoms with Gasteiger partial charge < -0.3 is 0 Å². The Bertz CT molecular complexity index is 413. The van der Waals surface area contributed by atoms with Crippen LogP contribution in [0.1, 0.15) is 5.56 Å². The molecular weight excluding hydrogens is 191 g/mol. The van der Waals surface area contributed by atoms with E-state index in [4.69, 9.17) is 5.53 Å². The molecule has 0 saturated heterocycles. The lowest BCUT2D eigenvalue weighted by molar-refractivity contribution is -0.384. The SMILES string of the molecule is Cc1cc(N=[N+]=[N-])c([N+](=O)[O-])cc1F. The van der Waals surface area contributed by atoms with Crippen molar-refractivity contribution in [2.45, 2.75) is 6.92 Å². The van der Waals surface area contributed by atoms with E-state index < -0.39 is 16.4 Å². The predicted molar refractivity (Wildman–Crippen MR) is 46.6 cm³/mol. The molecule has 0 aliphatic rings. The predicted octanol–water partition coefficient (Wildman–Crippen LogP) is 2.98. The highest BCUT2D eigenvalue weighted by Gasteiger charge is 2.15. The molecule has 0 saturated carbocycles. The van der Waals surface area contributed by atoms with Crippen molar-refractivity contribution < 1.29 is 9.31 Å². The Morgan fingerprint density at radius 1 is 1.64 bits per heavy atom. The molecule has 0 atom stereocenters.